The maximum Gasteiger partial charge on any atom is 0.180 e. The van der Waals surface area contributed by atoms with Crippen molar-refractivity contribution in [3.63, 3.8) is 0 Å². The van der Waals surface area contributed by atoms with Gasteiger partial charge in [0.05, 0.1) is 5.56 Å². The topological polar surface area (TPSA) is 75.3 Å². The van der Waals surface area contributed by atoms with Crippen LogP contribution in [0.25, 0.3) is 44.7 Å². The zero-order chi connectivity index (χ0) is 32.9. The van der Waals surface area contributed by atoms with E-state index in [1.54, 1.807) is 6.20 Å². The lowest BCUT2D eigenvalue weighted by molar-refractivity contribution is 0.446. The number of anilines is 3. The Kier molecular flexibility index (Phi) is 7.31. The Morgan fingerprint density at radius 2 is 1.40 bits per heavy atom. The van der Waals surface area contributed by atoms with Gasteiger partial charge < -0.3 is 9.52 Å². The summed E-state index contributed by atoms with van der Waals surface area (Å²) in [5.74, 6) is 1.44. The molecular formula is C41H38N4O2. The number of hydrogen-bond donors (Lipinski definition) is 1. The molecule has 0 aliphatic heterocycles. The second kappa shape index (κ2) is 11.4. The summed E-state index contributed by atoms with van der Waals surface area (Å²) in [6.07, 6.45) is 1.80. The number of nitrogens with zero attached hydrogens (tertiary/aromatic N) is 4. The van der Waals surface area contributed by atoms with E-state index >= 15 is 0 Å². The molecule has 0 radical (unpaired) electrons. The predicted molar refractivity (Wildman–Crippen MR) is 192 cm³/mol. The monoisotopic (exact) mass is 618 g/mol. The summed E-state index contributed by atoms with van der Waals surface area (Å²) >= 11 is 0. The molecule has 7 aromatic rings. The SMILES string of the molecule is CC(C)(C)c1cc(-c2nc(-c3cccc(N(c4ccccc4)c4ccccn4)c3)c3oc4ccccc4c3n2)c(O)c(C(C)(C)C)c1. The van der Waals surface area contributed by atoms with Gasteiger partial charge in [0.1, 0.15) is 28.4 Å². The van der Waals surface area contributed by atoms with Crippen molar-refractivity contribution in [2.24, 2.45) is 0 Å². The van der Waals surface area contributed by atoms with E-state index in [1.807, 2.05) is 78.9 Å². The molecule has 7 rings (SSSR count). The molecule has 6 nitrogen and oxygen atoms in total. The number of fused-ring (bicyclic) bond motifs is 3. The summed E-state index contributed by atoms with van der Waals surface area (Å²) in [4.78, 5) is 17.1. The van der Waals surface area contributed by atoms with E-state index in [1.165, 1.54) is 0 Å². The molecule has 0 amide bonds. The van der Waals surface area contributed by atoms with Crippen LogP contribution in [-0.2, 0) is 10.8 Å². The molecule has 3 aromatic heterocycles. The van der Waals surface area contributed by atoms with Crippen LogP contribution in [0, 0.1) is 0 Å². The van der Waals surface area contributed by atoms with Crippen LogP contribution in [0.15, 0.2) is 120 Å². The molecule has 0 aliphatic carbocycles. The van der Waals surface area contributed by atoms with Crippen LogP contribution in [0.5, 0.6) is 5.75 Å². The quantitative estimate of drug-likeness (QED) is 0.207. The summed E-state index contributed by atoms with van der Waals surface area (Å²) in [6, 6.07) is 36.4. The predicted octanol–water partition coefficient (Wildman–Crippen LogP) is 10.9. The molecule has 1 N–H and O–H groups in total. The highest BCUT2D eigenvalue weighted by Gasteiger charge is 2.28. The average molecular weight is 619 g/mol. The number of phenols is 1. The third kappa shape index (κ3) is 5.61. The Labute approximate surface area is 275 Å². The first-order valence-electron chi connectivity index (χ1n) is 15.9. The molecule has 4 aromatic carbocycles. The summed E-state index contributed by atoms with van der Waals surface area (Å²) in [5.41, 5.74) is 7.56. The first-order valence-corrected chi connectivity index (χ1v) is 15.9. The second-order valence-corrected chi connectivity index (χ2v) is 14.0. The molecule has 0 unspecified atom stereocenters. The molecule has 0 bridgehead atoms. The number of furan rings is 1. The smallest absolute Gasteiger partial charge is 0.180 e. The Hall–Kier alpha value is -5.49. The Morgan fingerprint density at radius 3 is 2.13 bits per heavy atom. The molecule has 3 heterocycles. The van der Waals surface area contributed by atoms with Gasteiger partial charge in [-0.05, 0) is 71.0 Å². The van der Waals surface area contributed by atoms with Gasteiger partial charge in [-0.25, -0.2) is 15.0 Å². The summed E-state index contributed by atoms with van der Waals surface area (Å²) in [6.45, 7) is 12.9. The van der Waals surface area contributed by atoms with E-state index in [-0.39, 0.29) is 16.6 Å². The Balaban J connectivity index is 1.50. The van der Waals surface area contributed by atoms with Crippen molar-refractivity contribution >= 4 is 39.3 Å². The summed E-state index contributed by atoms with van der Waals surface area (Å²) in [7, 11) is 0. The van der Waals surface area contributed by atoms with E-state index in [2.05, 4.69) is 81.8 Å². The van der Waals surface area contributed by atoms with Gasteiger partial charge in [0.2, 0.25) is 0 Å². The van der Waals surface area contributed by atoms with Gasteiger partial charge >= 0.3 is 0 Å². The van der Waals surface area contributed by atoms with Crippen LogP contribution < -0.4 is 4.90 Å². The van der Waals surface area contributed by atoms with E-state index in [9.17, 15) is 5.11 Å². The molecule has 0 aliphatic rings. The minimum atomic E-state index is -0.296. The minimum Gasteiger partial charge on any atom is -0.507 e. The highest BCUT2D eigenvalue weighted by molar-refractivity contribution is 6.07. The van der Waals surface area contributed by atoms with Gasteiger partial charge in [-0.1, -0.05) is 96.1 Å². The molecule has 0 atom stereocenters. The molecule has 0 saturated heterocycles. The highest BCUT2D eigenvalue weighted by Crippen LogP contribution is 2.44. The number of hydrogen-bond acceptors (Lipinski definition) is 6. The van der Waals surface area contributed by atoms with Gasteiger partial charge in [-0.2, -0.15) is 0 Å². The number of aromatic hydroxyl groups is 1. The van der Waals surface area contributed by atoms with Crippen molar-refractivity contribution in [1.29, 1.82) is 0 Å². The fraction of sp³-hybridized carbons (Fsp3) is 0.195. The van der Waals surface area contributed by atoms with E-state index < -0.39 is 0 Å². The lowest BCUT2D eigenvalue weighted by Gasteiger charge is -2.27. The minimum absolute atomic E-state index is 0.154. The highest BCUT2D eigenvalue weighted by atomic mass is 16.3. The Morgan fingerprint density at radius 1 is 0.681 bits per heavy atom. The third-order valence-electron chi connectivity index (χ3n) is 8.52. The Bertz CT molecular complexity index is 2190. The van der Waals surface area contributed by atoms with E-state index in [0.717, 1.165) is 44.9 Å². The lowest BCUT2D eigenvalue weighted by Crippen LogP contribution is -2.17. The molecule has 234 valence electrons. The van der Waals surface area contributed by atoms with Gasteiger partial charge in [0.25, 0.3) is 0 Å². The second-order valence-electron chi connectivity index (χ2n) is 14.0. The van der Waals surface area contributed by atoms with Crippen LogP contribution in [-0.4, -0.2) is 20.1 Å². The zero-order valence-corrected chi connectivity index (χ0v) is 27.6. The zero-order valence-electron chi connectivity index (χ0n) is 27.6. The van der Waals surface area contributed by atoms with Crippen molar-refractivity contribution in [2.75, 3.05) is 4.90 Å². The van der Waals surface area contributed by atoms with Crippen molar-refractivity contribution in [3.8, 4) is 28.4 Å². The first-order chi connectivity index (χ1) is 22.5. The number of phenolic OH excluding ortho intramolecular Hbond substituents is 1. The van der Waals surface area contributed by atoms with Gasteiger partial charge in [0.15, 0.2) is 11.4 Å². The van der Waals surface area contributed by atoms with Crippen LogP contribution >= 0.6 is 0 Å². The lowest BCUT2D eigenvalue weighted by atomic mass is 9.79. The average Bonchev–Trinajstić information content (AvgIpc) is 3.43. The van der Waals surface area contributed by atoms with Crippen LogP contribution in [0.2, 0.25) is 0 Å². The largest absolute Gasteiger partial charge is 0.507 e. The van der Waals surface area contributed by atoms with Crippen molar-refractivity contribution < 1.29 is 9.52 Å². The molecule has 0 spiro atoms. The standard InChI is InChI=1S/C41H38N4O2/c1-40(2,3)27-24-31(37(46)32(25-27)41(4,5)6)39-43-35(38-36(44-39)30-19-10-11-20-33(30)47-38)26-15-14-18-29(23-26)45(28-16-8-7-9-17-28)34-21-12-13-22-42-34/h7-25,46H,1-6H3. The van der Waals surface area contributed by atoms with Gasteiger partial charge in [-0.3, -0.25) is 4.90 Å². The number of para-hydroxylation sites is 2. The van der Waals surface area contributed by atoms with Crippen molar-refractivity contribution in [3.05, 3.63) is 127 Å². The molecule has 47 heavy (non-hydrogen) atoms. The maximum atomic E-state index is 11.8. The summed E-state index contributed by atoms with van der Waals surface area (Å²) < 4.78 is 6.47. The normalized spacial score (nSPS) is 12.1. The van der Waals surface area contributed by atoms with E-state index in [0.29, 0.717) is 28.2 Å². The number of rotatable bonds is 5. The maximum absolute atomic E-state index is 11.8. The molecule has 6 heteroatoms. The summed E-state index contributed by atoms with van der Waals surface area (Å²) in [5, 5.41) is 12.7. The van der Waals surface area contributed by atoms with Crippen LogP contribution in [0.4, 0.5) is 17.2 Å². The molecule has 0 fully saturated rings. The number of pyridine rings is 1. The number of benzene rings is 4. The fourth-order valence-corrected chi connectivity index (χ4v) is 5.99. The number of aromatic nitrogens is 3. The van der Waals surface area contributed by atoms with Crippen LogP contribution in [0.1, 0.15) is 52.7 Å². The van der Waals surface area contributed by atoms with Gasteiger partial charge in [0, 0.05) is 34.1 Å². The molecule has 0 saturated carbocycles. The van der Waals surface area contributed by atoms with Gasteiger partial charge in [-0.15, -0.1) is 0 Å². The van der Waals surface area contributed by atoms with Crippen molar-refractivity contribution in [1.82, 2.24) is 15.0 Å². The van der Waals surface area contributed by atoms with E-state index in [4.69, 9.17) is 14.4 Å². The first kappa shape index (κ1) is 30.2. The van der Waals surface area contributed by atoms with Crippen LogP contribution in [0.3, 0.4) is 0 Å². The third-order valence-corrected chi connectivity index (χ3v) is 8.52. The fourth-order valence-electron chi connectivity index (χ4n) is 5.99. The molecular weight excluding hydrogens is 580 g/mol. The van der Waals surface area contributed by atoms with Crippen molar-refractivity contribution in [2.45, 2.75) is 52.4 Å².